The van der Waals surface area contributed by atoms with Gasteiger partial charge in [0.05, 0.1) is 18.1 Å². The van der Waals surface area contributed by atoms with Crippen LogP contribution >= 0.6 is 0 Å². The number of piperidine rings is 1. The molecule has 0 bridgehead atoms. The predicted octanol–water partition coefficient (Wildman–Crippen LogP) is 0.210. The minimum atomic E-state index is -0.217. The van der Waals surface area contributed by atoms with Gasteiger partial charge in [-0.15, -0.1) is 0 Å². The van der Waals surface area contributed by atoms with E-state index in [1.54, 1.807) is 5.01 Å². The van der Waals surface area contributed by atoms with Gasteiger partial charge in [0, 0.05) is 26.2 Å². The van der Waals surface area contributed by atoms with Crippen LogP contribution in [0.3, 0.4) is 0 Å². The Kier molecular flexibility index (Phi) is 3.70. The molecule has 0 spiro atoms. The third kappa shape index (κ3) is 3.18. The first-order valence-electron chi connectivity index (χ1n) is 6.40. The molecule has 2 fully saturated rings. The molecule has 2 rings (SSSR count). The molecule has 5 heteroatoms. The Balaban J connectivity index is 1.94. The predicted molar refractivity (Wildman–Crippen MR) is 65.1 cm³/mol. The van der Waals surface area contributed by atoms with Crippen LogP contribution < -0.4 is 5.84 Å². The Labute approximate surface area is 103 Å². The summed E-state index contributed by atoms with van der Waals surface area (Å²) in [4.78, 5) is 14.3. The number of amides is 1. The van der Waals surface area contributed by atoms with Crippen molar-refractivity contribution in [2.24, 2.45) is 11.8 Å². The van der Waals surface area contributed by atoms with Crippen LogP contribution in [0.4, 0.5) is 0 Å². The van der Waals surface area contributed by atoms with Gasteiger partial charge in [-0.25, -0.2) is 5.01 Å². The quantitative estimate of drug-likeness (QED) is 0.667. The van der Waals surface area contributed by atoms with Crippen LogP contribution in [0.15, 0.2) is 0 Å². The highest BCUT2D eigenvalue weighted by Gasteiger charge is 2.34. The van der Waals surface area contributed by atoms with Crippen LogP contribution in [0.25, 0.3) is 0 Å². The number of rotatable bonds is 1. The summed E-state index contributed by atoms with van der Waals surface area (Å²) in [6.07, 6.45) is 1.98. The molecule has 2 aliphatic heterocycles. The summed E-state index contributed by atoms with van der Waals surface area (Å²) in [6, 6.07) is 0. The molecule has 1 amide bonds. The van der Waals surface area contributed by atoms with Crippen molar-refractivity contribution in [3.05, 3.63) is 0 Å². The molecule has 2 aliphatic rings. The first kappa shape index (κ1) is 12.8. The van der Waals surface area contributed by atoms with Gasteiger partial charge in [0.25, 0.3) is 0 Å². The lowest BCUT2D eigenvalue weighted by atomic mass is 9.96. The van der Waals surface area contributed by atoms with E-state index in [1.165, 1.54) is 0 Å². The van der Waals surface area contributed by atoms with Crippen molar-refractivity contribution in [1.82, 2.24) is 9.91 Å². The lowest BCUT2D eigenvalue weighted by Crippen LogP contribution is -2.54. The Morgan fingerprint density at radius 3 is 2.82 bits per heavy atom. The first-order chi connectivity index (χ1) is 7.98. The third-order valence-electron chi connectivity index (χ3n) is 3.54. The van der Waals surface area contributed by atoms with E-state index in [0.29, 0.717) is 26.2 Å². The second-order valence-electron chi connectivity index (χ2n) is 5.70. The minimum Gasteiger partial charge on any atom is -0.372 e. The molecule has 98 valence electrons. The molecular weight excluding hydrogens is 218 g/mol. The fourth-order valence-electron chi connectivity index (χ4n) is 2.67. The Morgan fingerprint density at radius 1 is 1.41 bits per heavy atom. The second-order valence-corrected chi connectivity index (χ2v) is 5.70. The van der Waals surface area contributed by atoms with Gasteiger partial charge in [-0.2, -0.15) is 0 Å². The van der Waals surface area contributed by atoms with E-state index >= 15 is 0 Å². The van der Waals surface area contributed by atoms with Gasteiger partial charge in [0.1, 0.15) is 0 Å². The molecule has 1 atom stereocenters. The Morgan fingerprint density at radius 2 is 2.18 bits per heavy atom. The van der Waals surface area contributed by atoms with E-state index in [4.69, 9.17) is 10.6 Å². The smallest absolute Gasteiger partial charge is 0.227 e. The van der Waals surface area contributed by atoms with E-state index in [2.05, 4.69) is 0 Å². The number of hydrazine groups is 1. The number of ether oxygens (including phenoxy) is 1. The van der Waals surface area contributed by atoms with E-state index in [1.807, 2.05) is 18.7 Å². The van der Waals surface area contributed by atoms with Crippen LogP contribution in [0.2, 0.25) is 0 Å². The summed E-state index contributed by atoms with van der Waals surface area (Å²) >= 11 is 0. The maximum Gasteiger partial charge on any atom is 0.227 e. The molecule has 2 N–H and O–H groups in total. The van der Waals surface area contributed by atoms with Crippen LogP contribution in [0, 0.1) is 5.92 Å². The van der Waals surface area contributed by atoms with Gasteiger partial charge >= 0.3 is 0 Å². The highest BCUT2D eigenvalue weighted by atomic mass is 16.5. The zero-order chi connectivity index (χ0) is 12.5. The maximum atomic E-state index is 12.4. The zero-order valence-corrected chi connectivity index (χ0v) is 10.8. The molecule has 0 aliphatic carbocycles. The fourth-order valence-corrected chi connectivity index (χ4v) is 2.67. The molecule has 5 nitrogen and oxygen atoms in total. The first-order valence-corrected chi connectivity index (χ1v) is 6.40. The van der Waals surface area contributed by atoms with Crippen molar-refractivity contribution in [3.63, 3.8) is 0 Å². The van der Waals surface area contributed by atoms with Crippen molar-refractivity contribution in [1.29, 1.82) is 0 Å². The van der Waals surface area contributed by atoms with Gasteiger partial charge in [-0.05, 0) is 26.7 Å². The summed E-state index contributed by atoms with van der Waals surface area (Å²) in [5, 5.41) is 1.76. The van der Waals surface area contributed by atoms with Crippen molar-refractivity contribution >= 4 is 5.91 Å². The number of morpholine rings is 1. The zero-order valence-electron chi connectivity index (χ0n) is 10.8. The highest BCUT2D eigenvalue weighted by Crippen LogP contribution is 2.22. The number of nitrogens with two attached hydrogens (primary N) is 1. The number of hydrogen-bond donors (Lipinski definition) is 1. The molecule has 0 radical (unpaired) electrons. The lowest BCUT2D eigenvalue weighted by molar-refractivity contribution is -0.151. The van der Waals surface area contributed by atoms with Crippen LogP contribution in [-0.4, -0.2) is 54.2 Å². The van der Waals surface area contributed by atoms with Gasteiger partial charge in [0.15, 0.2) is 0 Å². The summed E-state index contributed by atoms with van der Waals surface area (Å²) < 4.78 is 5.63. The second kappa shape index (κ2) is 4.92. The largest absolute Gasteiger partial charge is 0.372 e. The summed E-state index contributed by atoms with van der Waals surface area (Å²) in [5.41, 5.74) is -0.217. The van der Waals surface area contributed by atoms with Gasteiger partial charge < -0.3 is 9.64 Å². The summed E-state index contributed by atoms with van der Waals surface area (Å²) in [7, 11) is 0. The number of hydrogen-bond acceptors (Lipinski definition) is 4. The van der Waals surface area contributed by atoms with E-state index in [9.17, 15) is 4.79 Å². The monoisotopic (exact) mass is 241 g/mol. The van der Waals surface area contributed by atoms with Gasteiger partial charge in [0.2, 0.25) is 5.91 Å². The van der Waals surface area contributed by atoms with Crippen molar-refractivity contribution in [2.75, 3.05) is 32.8 Å². The molecule has 0 aromatic heterocycles. The standard InChI is InChI=1S/C12H23N3O2/c1-12(2)9-14(6-7-17-12)11(16)10-4-3-5-15(13)8-10/h10H,3-9,13H2,1-2H3. The molecule has 1 unspecified atom stereocenters. The molecular formula is C12H23N3O2. The molecule has 17 heavy (non-hydrogen) atoms. The Hall–Kier alpha value is -0.650. The summed E-state index contributed by atoms with van der Waals surface area (Å²) in [5.74, 6) is 6.10. The number of carbonyl (C=O) groups is 1. The van der Waals surface area contributed by atoms with E-state index < -0.39 is 0 Å². The van der Waals surface area contributed by atoms with Crippen LogP contribution in [-0.2, 0) is 9.53 Å². The normalized spacial score (nSPS) is 30.3. The molecule has 0 aromatic carbocycles. The van der Waals surface area contributed by atoms with Gasteiger partial charge in [-0.1, -0.05) is 0 Å². The average Bonchev–Trinajstić information content (AvgIpc) is 2.26. The van der Waals surface area contributed by atoms with Crippen molar-refractivity contribution in [2.45, 2.75) is 32.3 Å². The van der Waals surface area contributed by atoms with Crippen molar-refractivity contribution < 1.29 is 9.53 Å². The topological polar surface area (TPSA) is 58.8 Å². The fraction of sp³-hybridized carbons (Fsp3) is 0.917. The van der Waals surface area contributed by atoms with E-state index in [0.717, 1.165) is 19.4 Å². The van der Waals surface area contributed by atoms with Crippen LogP contribution in [0.5, 0.6) is 0 Å². The molecule has 0 aromatic rings. The number of nitrogens with zero attached hydrogens (tertiary/aromatic N) is 2. The summed E-state index contributed by atoms with van der Waals surface area (Å²) in [6.45, 7) is 7.69. The highest BCUT2D eigenvalue weighted by molar-refractivity contribution is 5.79. The van der Waals surface area contributed by atoms with Crippen molar-refractivity contribution in [3.8, 4) is 0 Å². The van der Waals surface area contributed by atoms with Crippen LogP contribution in [0.1, 0.15) is 26.7 Å². The average molecular weight is 241 g/mol. The van der Waals surface area contributed by atoms with E-state index in [-0.39, 0.29) is 17.4 Å². The third-order valence-corrected chi connectivity index (χ3v) is 3.54. The minimum absolute atomic E-state index is 0.0719. The lowest BCUT2D eigenvalue weighted by Gasteiger charge is -2.40. The maximum absolute atomic E-state index is 12.4. The Bertz CT molecular complexity index is 293. The molecule has 2 saturated heterocycles. The van der Waals surface area contributed by atoms with Gasteiger partial charge in [-0.3, -0.25) is 10.6 Å². The molecule has 2 heterocycles. The molecule has 0 saturated carbocycles. The SMILES string of the molecule is CC1(C)CN(C(=O)C2CCCN(N)C2)CCO1. The number of carbonyl (C=O) groups excluding carboxylic acids is 1.